The highest BCUT2D eigenvalue weighted by molar-refractivity contribution is 6.15. The van der Waals surface area contributed by atoms with Crippen LogP contribution in [0.2, 0.25) is 0 Å². The number of hydrogen-bond donors (Lipinski definition) is 1. The molecule has 2 aromatic rings. The quantitative estimate of drug-likeness (QED) is 0.772. The molecule has 0 spiro atoms. The maximum atomic E-state index is 13.1. The Morgan fingerprint density at radius 3 is 2.79 bits per heavy atom. The normalized spacial score (nSPS) is 22.2. The zero-order chi connectivity index (χ0) is 19.7. The van der Waals surface area contributed by atoms with Crippen molar-refractivity contribution >= 4 is 11.7 Å². The van der Waals surface area contributed by atoms with E-state index in [-0.39, 0.29) is 24.0 Å². The summed E-state index contributed by atoms with van der Waals surface area (Å²) >= 11 is 0. The number of benzene rings is 1. The third-order valence-electron chi connectivity index (χ3n) is 5.15. The maximum Gasteiger partial charge on any atom is 0.290 e. The van der Waals surface area contributed by atoms with Crippen LogP contribution in [0.25, 0.3) is 0 Å². The van der Waals surface area contributed by atoms with Crippen molar-refractivity contribution in [2.75, 3.05) is 20.3 Å². The van der Waals surface area contributed by atoms with E-state index in [9.17, 15) is 14.7 Å². The van der Waals surface area contributed by atoms with E-state index in [4.69, 9.17) is 13.9 Å². The molecule has 0 bridgehead atoms. The predicted molar refractivity (Wildman–Crippen MR) is 99.1 cm³/mol. The second-order valence-electron chi connectivity index (χ2n) is 6.81. The van der Waals surface area contributed by atoms with Crippen LogP contribution in [0.15, 0.2) is 58.4 Å². The molecule has 0 unspecified atom stereocenters. The fourth-order valence-electron chi connectivity index (χ4n) is 3.84. The van der Waals surface area contributed by atoms with E-state index in [1.54, 1.807) is 30.3 Å². The Labute approximate surface area is 162 Å². The number of ether oxygens (including phenoxy) is 2. The van der Waals surface area contributed by atoms with Crippen molar-refractivity contribution in [3.05, 3.63) is 65.3 Å². The van der Waals surface area contributed by atoms with Crippen molar-refractivity contribution in [1.29, 1.82) is 0 Å². The standard InChI is InChI=1S/C21H21NO6/c1-26-15-8-3-2-7-14(15)18-17(19(23)16-9-5-11-28-16)20(24)21(25)22(18)12-13-6-4-10-27-13/h2-3,5,7-9,11,13,18,24H,4,6,10,12H2,1H3/t13-,18-/m1/s1. The number of hydrogen-bond acceptors (Lipinski definition) is 6. The van der Waals surface area contributed by atoms with E-state index in [0.29, 0.717) is 17.9 Å². The molecule has 1 saturated heterocycles. The summed E-state index contributed by atoms with van der Waals surface area (Å²) in [6, 6.07) is 9.46. The Morgan fingerprint density at radius 1 is 1.29 bits per heavy atom. The molecule has 0 saturated carbocycles. The molecule has 0 aliphatic carbocycles. The molecular formula is C21H21NO6. The van der Waals surface area contributed by atoms with E-state index < -0.39 is 23.5 Å². The van der Waals surface area contributed by atoms with Gasteiger partial charge in [0, 0.05) is 18.7 Å². The fraction of sp³-hybridized carbons (Fsp3) is 0.333. The molecule has 7 nitrogen and oxygen atoms in total. The van der Waals surface area contributed by atoms with E-state index in [1.807, 2.05) is 0 Å². The minimum atomic E-state index is -0.787. The molecule has 28 heavy (non-hydrogen) atoms. The first-order valence-corrected chi connectivity index (χ1v) is 9.18. The molecule has 1 N–H and O–H groups in total. The van der Waals surface area contributed by atoms with Crippen molar-refractivity contribution < 1.29 is 28.6 Å². The minimum Gasteiger partial charge on any atom is -0.503 e. The molecule has 1 aromatic carbocycles. The molecular weight excluding hydrogens is 362 g/mol. The highest BCUT2D eigenvalue weighted by Crippen LogP contribution is 2.42. The third kappa shape index (κ3) is 3.07. The van der Waals surface area contributed by atoms with Crippen molar-refractivity contribution in [2.24, 2.45) is 0 Å². The monoisotopic (exact) mass is 383 g/mol. The Hall–Kier alpha value is -3.06. The molecule has 1 aromatic heterocycles. The summed E-state index contributed by atoms with van der Waals surface area (Å²) in [5.74, 6) is -1.09. The zero-order valence-corrected chi connectivity index (χ0v) is 15.5. The smallest absolute Gasteiger partial charge is 0.290 e. The van der Waals surface area contributed by atoms with Crippen LogP contribution in [0.4, 0.5) is 0 Å². The van der Waals surface area contributed by atoms with Gasteiger partial charge in [0.05, 0.1) is 31.1 Å². The van der Waals surface area contributed by atoms with Crippen molar-refractivity contribution in [2.45, 2.75) is 25.0 Å². The van der Waals surface area contributed by atoms with Gasteiger partial charge in [0.25, 0.3) is 5.91 Å². The Bertz CT molecular complexity index is 911. The summed E-state index contributed by atoms with van der Waals surface area (Å²) < 4.78 is 16.4. The molecule has 3 heterocycles. The van der Waals surface area contributed by atoms with Gasteiger partial charge in [-0.05, 0) is 31.0 Å². The van der Waals surface area contributed by atoms with Gasteiger partial charge < -0.3 is 23.9 Å². The number of ketones is 1. The molecule has 2 aliphatic heterocycles. The number of carbonyl (C=O) groups is 2. The van der Waals surface area contributed by atoms with Crippen molar-refractivity contribution in [3.63, 3.8) is 0 Å². The summed E-state index contributed by atoms with van der Waals surface area (Å²) in [6.45, 7) is 0.921. The molecule has 1 fully saturated rings. The summed E-state index contributed by atoms with van der Waals surface area (Å²) in [5, 5.41) is 10.6. The number of amides is 1. The first-order chi connectivity index (χ1) is 13.6. The average molecular weight is 383 g/mol. The SMILES string of the molecule is COc1ccccc1[C@@H]1C(C(=O)c2ccco2)=C(O)C(=O)N1C[C@H]1CCCO1. The van der Waals surface area contributed by atoms with Crippen molar-refractivity contribution in [1.82, 2.24) is 4.90 Å². The highest BCUT2D eigenvalue weighted by Gasteiger charge is 2.46. The molecule has 146 valence electrons. The van der Waals surface area contributed by atoms with Crippen LogP contribution in [0.1, 0.15) is 35.0 Å². The molecule has 2 aliphatic rings. The topological polar surface area (TPSA) is 89.2 Å². The van der Waals surface area contributed by atoms with Gasteiger partial charge in [-0.15, -0.1) is 0 Å². The van der Waals surface area contributed by atoms with Gasteiger partial charge >= 0.3 is 0 Å². The van der Waals surface area contributed by atoms with E-state index >= 15 is 0 Å². The number of aliphatic hydroxyl groups is 1. The third-order valence-corrected chi connectivity index (χ3v) is 5.15. The van der Waals surface area contributed by atoms with E-state index in [1.165, 1.54) is 24.3 Å². The van der Waals surface area contributed by atoms with Gasteiger partial charge in [0.1, 0.15) is 5.75 Å². The van der Waals surface area contributed by atoms with Crippen LogP contribution < -0.4 is 4.74 Å². The lowest BCUT2D eigenvalue weighted by molar-refractivity contribution is -0.131. The lowest BCUT2D eigenvalue weighted by Crippen LogP contribution is -2.37. The number of methoxy groups -OCH3 is 1. The molecule has 1 amide bonds. The summed E-state index contributed by atoms with van der Waals surface area (Å²) in [7, 11) is 1.53. The molecule has 4 rings (SSSR count). The number of carbonyl (C=O) groups excluding carboxylic acids is 2. The van der Waals surface area contributed by atoms with Gasteiger partial charge in [-0.3, -0.25) is 9.59 Å². The average Bonchev–Trinajstić information content (AvgIpc) is 3.46. The maximum absolute atomic E-state index is 13.1. The van der Waals surface area contributed by atoms with Crippen molar-refractivity contribution in [3.8, 4) is 5.75 Å². The zero-order valence-electron chi connectivity index (χ0n) is 15.5. The van der Waals surface area contributed by atoms with Gasteiger partial charge in [-0.25, -0.2) is 0 Å². The second kappa shape index (κ2) is 7.52. The second-order valence-corrected chi connectivity index (χ2v) is 6.81. The largest absolute Gasteiger partial charge is 0.503 e. The number of para-hydroxylation sites is 1. The molecule has 2 atom stereocenters. The highest BCUT2D eigenvalue weighted by atomic mass is 16.5. The number of Topliss-reactive ketones (excluding diaryl/α,β-unsaturated/α-hetero) is 1. The number of rotatable bonds is 6. The van der Waals surface area contributed by atoms with Crippen LogP contribution in [-0.4, -0.2) is 48.1 Å². The van der Waals surface area contributed by atoms with Crippen LogP contribution in [-0.2, 0) is 9.53 Å². The number of aliphatic hydroxyl groups excluding tert-OH is 1. The lowest BCUT2D eigenvalue weighted by Gasteiger charge is -2.29. The van der Waals surface area contributed by atoms with Crippen LogP contribution in [0, 0.1) is 0 Å². The Kier molecular flexibility index (Phi) is 4.92. The first kappa shape index (κ1) is 18.3. The summed E-state index contributed by atoms with van der Waals surface area (Å²) in [4.78, 5) is 27.5. The van der Waals surface area contributed by atoms with Gasteiger partial charge in [-0.1, -0.05) is 18.2 Å². The molecule has 7 heteroatoms. The van der Waals surface area contributed by atoms with Gasteiger partial charge in [-0.2, -0.15) is 0 Å². The van der Waals surface area contributed by atoms with E-state index in [0.717, 1.165) is 12.8 Å². The van der Waals surface area contributed by atoms with E-state index in [2.05, 4.69) is 0 Å². The van der Waals surface area contributed by atoms with Crippen LogP contribution >= 0.6 is 0 Å². The number of furan rings is 1. The Balaban J connectivity index is 1.80. The van der Waals surface area contributed by atoms with Gasteiger partial charge in [0.15, 0.2) is 11.5 Å². The first-order valence-electron chi connectivity index (χ1n) is 9.18. The summed E-state index contributed by atoms with van der Waals surface area (Å²) in [6.07, 6.45) is 2.99. The Morgan fingerprint density at radius 2 is 2.11 bits per heavy atom. The fourth-order valence-corrected chi connectivity index (χ4v) is 3.84. The van der Waals surface area contributed by atoms with Crippen LogP contribution in [0.5, 0.6) is 5.75 Å². The summed E-state index contributed by atoms with van der Waals surface area (Å²) in [5.41, 5.74) is 0.609. The lowest BCUT2D eigenvalue weighted by atomic mass is 9.94. The van der Waals surface area contributed by atoms with Gasteiger partial charge in [0.2, 0.25) is 5.78 Å². The predicted octanol–water partition coefficient (Wildman–Crippen LogP) is 3.05. The molecule has 0 radical (unpaired) electrons. The van der Waals surface area contributed by atoms with Crippen LogP contribution in [0.3, 0.4) is 0 Å². The minimum absolute atomic E-state index is 0.0116. The number of nitrogens with zero attached hydrogens (tertiary/aromatic N) is 1.